The molecule has 1 aliphatic rings. The molecule has 0 unspecified atom stereocenters. The summed E-state index contributed by atoms with van der Waals surface area (Å²) >= 11 is 2.13. The van der Waals surface area contributed by atoms with E-state index in [1.54, 1.807) is 4.90 Å². The molecule has 104 valence electrons. The summed E-state index contributed by atoms with van der Waals surface area (Å²) < 4.78 is 6.06. The maximum atomic E-state index is 11.8. The molecule has 1 fully saturated rings. The standard InChI is InChI=1S/C12H17IN4O2/c1-9(2)19-12(18)17-7-5-16(6-8-17)11-4-3-10(13)14-15-11/h3-4,9H,5-8H2,1-2H3. The number of anilines is 1. The molecule has 1 saturated heterocycles. The highest BCUT2D eigenvalue weighted by Gasteiger charge is 2.23. The molecular weight excluding hydrogens is 359 g/mol. The monoisotopic (exact) mass is 376 g/mol. The summed E-state index contributed by atoms with van der Waals surface area (Å²) in [6.07, 6.45) is -0.309. The average Bonchev–Trinajstić information content (AvgIpc) is 2.39. The highest BCUT2D eigenvalue weighted by atomic mass is 127. The Hall–Kier alpha value is -1.12. The number of ether oxygens (including phenoxy) is 1. The molecule has 6 nitrogen and oxygen atoms in total. The molecule has 0 bridgehead atoms. The Kier molecular flexibility index (Phi) is 4.78. The van der Waals surface area contributed by atoms with Crippen molar-refractivity contribution in [3.05, 3.63) is 15.8 Å². The Labute approximate surface area is 126 Å². The fourth-order valence-electron chi connectivity index (χ4n) is 1.87. The van der Waals surface area contributed by atoms with Gasteiger partial charge in [-0.3, -0.25) is 0 Å². The molecule has 7 heteroatoms. The SMILES string of the molecule is CC(C)OC(=O)N1CCN(c2ccc(I)nn2)CC1. The zero-order valence-electron chi connectivity index (χ0n) is 11.0. The second kappa shape index (κ2) is 6.36. The van der Waals surface area contributed by atoms with Crippen LogP contribution in [0.1, 0.15) is 13.8 Å². The maximum Gasteiger partial charge on any atom is 0.410 e. The fourth-order valence-corrected chi connectivity index (χ4v) is 2.16. The number of amides is 1. The topological polar surface area (TPSA) is 58.6 Å². The average molecular weight is 376 g/mol. The van der Waals surface area contributed by atoms with Gasteiger partial charge in [-0.2, -0.15) is 0 Å². The van der Waals surface area contributed by atoms with Crippen LogP contribution < -0.4 is 4.90 Å². The molecule has 1 amide bonds. The van der Waals surface area contributed by atoms with Crippen molar-refractivity contribution in [1.29, 1.82) is 0 Å². The lowest BCUT2D eigenvalue weighted by Gasteiger charge is -2.34. The molecule has 2 heterocycles. The summed E-state index contributed by atoms with van der Waals surface area (Å²) in [5, 5.41) is 8.19. The largest absolute Gasteiger partial charge is 0.447 e. The van der Waals surface area contributed by atoms with Crippen molar-refractivity contribution in [3.8, 4) is 0 Å². The maximum absolute atomic E-state index is 11.8. The van der Waals surface area contributed by atoms with Crippen molar-refractivity contribution in [2.24, 2.45) is 0 Å². The highest BCUT2D eigenvalue weighted by Crippen LogP contribution is 2.14. The first-order chi connectivity index (χ1) is 9.06. The molecule has 1 aromatic heterocycles. The number of hydrogen-bond donors (Lipinski definition) is 0. The lowest BCUT2D eigenvalue weighted by atomic mass is 10.3. The molecule has 0 radical (unpaired) electrons. The Morgan fingerprint density at radius 1 is 1.26 bits per heavy atom. The number of hydrogen-bond acceptors (Lipinski definition) is 5. The van der Waals surface area contributed by atoms with E-state index in [0.717, 1.165) is 22.6 Å². The molecule has 2 rings (SSSR count). The minimum atomic E-state index is -0.233. The zero-order valence-corrected chi connectivity index (χ0v) is 13.2. The number of carbonyl (C=O) groups is 1. The number of nitrogens with zero attached hydrogens (tertiary/aromatic N) is 4. The second-order valence-electron chi connectivity index (χ2n) is 4.62. The van der Waals surface area contributed by atoms with Crippen molar-refractivity contribution in [2.75, 3.05) is 31.1 Å². The Balaban J connectivity index is 1.88. The summed E-state index contributed by atoms with van der Waals surface area (Å²) in [6, 6.07) is 3.89. The number of halogens is 1. The van der Waals surface area contributed by atoms with Gasteiger partial charge >= 0.3 is 6.09 Å². The zero-order chi connectivity index (χ0) is 13.8. The van der Waals surface area contributed by atoms with Crippen LogP contribution in [0, 0.1) is 3.70 Å². The Morgan fingerprint density at radius 3 is 2.47 bits per heavy atom. The van der Waals surface area contributed by atoms with Gasteiger partial charge in [0.25, 0.3) is 0 Å². The van der Waals surface area contributed by atoms with Gasteiger partial charge in [-0.15, -0.1) is 10.2 Å². The molecule has 0 aromatic carbocycles. The predicted molar refractivity (Wildman–Crippen MR) is 80.2 cm³/mol. The lowest BCUT2D eigenvalue weighted by molar-refractivity contribution is 0.0751. The van der Waals surface area contributed by atoms with Gasteiger partial charge < -0.3 is 14.5 Å². The fraction of sp³-hybridized carbons (Fsp3) is 0.583. The molecule has 1 aromatic rings. The molecule has 0 saturated carbocycles. The van der Waals surface area contributed by atoms with Gasteiger partial charge in [0.15, 0.2) is 5.82 Å². The van der Waals surface area contributed by atoms with Crippen molar-refractivity contribution in [1.82, 2.24) is 15.1 Å². The predicted octanol–water partition coefficient (Wildman–Crippen LogP) is 1.75. The minimum Gasteiger partial charge on any atom is -0.447 e. The van der Waals surface area contributed by atoms with Gasteiger partial charge in [0, 0.05) is 26.2 Å². The molecule has 0 N–H and O–H groups in total. The van der Waals surface area contributed by atoms with Crippen molar-refractivity contribution in [3.63, 3.8) is 0 Å². The number of piperazine rings is 1. The third kappa shape index (κ3) is 3.92. The van der Waals surface area contributed by atoms with E-state index in [1.807, 2.05) is 26.0 Å². The first-order valence-electron chi connectivity index (χ1n) is 6.26. The first-order valence-corrected chi connectivity index (χ1v) is 7.34. The minimum absolute atomic E-state index is 0.0763. The van der Waals surface area contributed by atoms with E-state index in [2.05, 4.69) is 37.7 Å². The smallest absolute Gasteiger partial charge is 0.410 e. The van der Waals surface area contributed by atoms with Gasteiger partial charge in [0.2, 0.25) is 0 Å². The van der Waals surface area contributed by atoms with Crippen molar-refractivity contribution >= 4 is 34.5 Å². The van der Waals surface area contributed by atoms with E-state index in [4.69, 9.17) is 4.74 Å². The summed E-state index contributed by atoms with van der Waals surface area (Å²) in [5.74, 6) is 0.859. The molecule has 0 spiro atoms. The summed E-state index contributed by atoms with van der Waals surface area (Å²) in [4.78, 5) is 15.6. The number of rotatable bonds is 2. The van der Waals surface area contributed by atoms with Crippen LogP contribution in [-0.4, -0.2) is 53.5 Å². The van der Waals surface area contributed by atoms with E-state index in [-0.39, 0.29) is 12.2 Å². The Bertz CT molecular complexity index is 430. The van der Waals surface area contributed by atoms with Gasteiger partial charge in [-0.1, -0.05) is 0 Å². The molecule has 19 heavy (non-hydrogen) atoms. The van der Waals surface area contributed by atoms with Crippen molar-refractivity contribution in [2.45, 2.75) is 20.0 Å². The number of carbonyl (C=O) groups excluding carboxylic acids is 1. The van der Waals surface area contributed by atoms with Crippen LogP contribution in [0.5, 0.6) is 0 Å². The van der Waals surface area contributed by atoms with Crippen LogP contribution in [0.25, 0.3) is 0 Å². The third-order valence-corrected chi connectivity index (χ3v) is 3.39. The van der Waals surface area contributed by atoms with Crippen LogP contribution in [0.2, 0.25) is 0 Å². The van der Waals surface area contributed by atoms with Gasteiger partial charge in [-0.25, -0.2) is 4.79 Å². The van der Waals surface area contributed by atoms with Gasteiger partial charge in [-0.05, 0) is 48.6 Å². The third-order valence-electron chi connectivity index (χ3n) is 2.82. The molecule has 0 aliphatic carbocycles. The molecule has 0 atom stereocenters. The molecule has 1 aliphatic heterocycles. The van der Waals surface area contributed by atoms with Crippen LogP contribution in [0.15, 0.2) is 12.1 Å². The van der Waals surface area contributed by atoms with E-state index in [9.17, 15) is 4.79 Å². The van der Waals surface area contributed by atoms with E-state index < -0.39 is 0 Å². The van der Waals surface area contributed by atoms with Crippen LogP contribution in [-0.2, 0) is 4.74 Å². The normalized spacial score (nSPS) is 15.8. The summed E-state index contributed by atoms with van der Waals surface area (Å²) in [6.45, 7) is 6.52. The second-order valence-corrected chi connectivity index (χ2v) is 5.73. The quantitative estimate of drug-likeness (QED) is 0.737. The number of aromatic nitrogens is 2. The Morgan fingerprint density at radius 2 is 1.95 bits per heavy atom. The van der Waals surface area contributed by atoms with E-state index in [1.165, 1.54) is 0 Å². The lowest BCUT2D eigenvalue weighted by Crippen LogP contribution is -2.49. The van der Waals surface area contributed by atoms with Crippen LogP contribution in [0.4, 0.5) is 10.6 Å². The van der Waals surface area contributed by atoms with Gasteiger partial charge in [0.05, 0.1) is 6.10 Å². The van der Waals surface area contributed by atoms with E-state index >= 15 is 0 Å². The highest BCUT2D eigenvalue weighted by molar-refractivity contribution is 14.1. The summed E-state index contributed by atoms with van der Waals surface area (Å²) in [7, 11) is 0. The van der Waals surface area contributed by atoms with Crippen molar-refractivity contribution < 1.29 is 9.53 Å². The first kappa shape index (κ1) is 14.3. The summed E-state index contributed by atoms with van der Waals surface area (Å²) in [5.41, 5.74) is 0. The van der Waals surface area contributed by atoms with Gasteiger partial charge in [0.1, 0.15) is 3.70 Å². The van der Waals surface area contributed by atoms with E-state index in [0.29, 0.717) is 13.1 Å². The molecular formula is C12H17IN4O2. The van der Waals surface area contributed by atoms with Crippen LogP contribution in [0.3, 0.4) is 0 Å². The van der Waals surface area contributed by atoms with Crippen LogP contribution >= 0.6 is 22.6 Å².